The van der Waals surface area contributed by atoms with Crippen molar-refractivity contribution in [3.63, 3.8) is 0 Å². The van der Waals surface area contributed by atoms with Crippen molar-refractivity contribution in [3.05, 3.63) is 39.4 Å². The van der Waals surface area contributed by atoms with Crippen LogP contribution >= 0.6 is 11.6 Å². The summed E-state index contributed by atoms with van der Waals surface area (Å²) in [7, 11) is 9.44. The second-order valence-electron chi connectivity index (χ2n) is 6.24. The van der Waals surface area contributed by atoms with Gasteiger partial charge in [0.15, 0.2) is 0 Å². The number of benzene rings is 1. The minimum Gasteiger partial charge on any atom is -0.497 e. The van der Waals surface area contributed by atoms with Crippen molar-refractivity contribution in [2.24, 2.45) is 0 Å². The molecule has 0 N–H and O–H groups in total. The minimum absolute atomic E-state index is 0.109. The Morgan fingerprint density at radius 3 is 2.81 bits per heavy atom. The Bertz CT molecular complexity index is 871. The first-order valence-corrected chi connectivity index (χ1v) is 8.89. The Morgan fingerprint density at radius 1 is 1.38 bits per heavy atom. The zero-order chi connectivity index (χ0) is 18.8. The van der Waals surface area contributed by atoms with Crippen molar-refractivity contribution in [3.8, 4) is 5.75 Å². The first kappa shape index (κ1) is 18.8. The molecule has 1 aromatic heterocycles. The molecule has 0 saturated heterocycles. The maximum absolute atomic E-state index is 13.1. The molecule has 1 aliphatic rings. The quantitative estimate of drug-likeness (QED) is 0.725. The van der Waals surface area contributed by atoms with Gasteiger partial charge in [0.05, 0.1) is 19.8 Å². The van der Waals surface area contributed by atoms with E-state index in [1.165, 1.54) is 0 Å². The van der Waals surface area contributed by atoms with E-state index in [-0.39, 0.29) is 22.6 Å². The van der Waals surface area contributed by atoms with E-state index >= 15 is 0 Å². The predicted molar refractivity (Wildman–Crippen MR) is 104 cm³/mol. The van der Waals surface area contributed by atoms with Crippen LogP contribution in [-0.2, 0) is 11.2 Å². The van der Waals surface area contributed by atoms with Gasteiger partial charge in [-0.3, -0.25) is 4.79 Å². The zero-order valence-electron chi connectivity index (χ0n) is 15.2. The van der Waals surface area contributed by atoms with Crippen LogP contribution < -0.4 is 20.7 Å². The maximum atomic E-state index is 13.1. The third kappa shape index (κ3) is 3.33. The maximum Gasteiger partial charge on any atom is 0.294 e. The summed E-state index contributed by atoms with van der Waals surface area (Å²) >= 11 is 6.23. The van der Waals surface area contributed by atoms with Crippen LogP contribution in [0.15, 0.2) is 23.1 Å². The molecular formula is C18H21BClN3O3. The molecule has 0 aliphatic carbocycles. The van der Waals surface area contributed by atoms with Gasteiger partial charge in [0.1, 0.15) is 18.7 Å². The van der Waals surface area contributed by atoms with Crippen molar-refractivity contribution in [1.29, 1.82) is 0 Å². The Kier molecular flexibility index (Phi) is 5.58. The molecule has 1 aromatic carbocycles. The Balaban J connectivity index is 2.10. The van der Waals surface area contributed by atoms with Gasteiger partial charge in [-0.2, -0.15) is 0 Å². The van der Waals surface area contributed by atoms with Gasteiger partial charge in [-0.15, -0.1) is 0 Å². The van der Waals surface area contributed by atoms with Crippen LogP contribution in [0.1, 0.15) is 24.9 Å². The smallest absolute Gasteiger partial charge is 0.294 e. The molecule has 0 bridgehead atoms. The number of methoxy groups -OCH3 is 2. The van der Waals surface area contributed by atoms with Crippen LogP contribution in [0, 0.1) is 0 Å². The first-order valence-electron chi connectivity index (χ1n) is 8.51. The van der Waals surface area contributed by atoms with Crippen LogP contribution in [0.5, 0.6) is 5.75 Å². The second kappa shape index (κ2) is 7.72. The fourth-order valence-corrected chi connectivity index (χ4v) is 3.57. The molecule has 26 heavy (non-hydrogen) atoms. The molecule has 0 unspecified atom stereocenters. The fourth-order valence-electron chi connectivity index (χ4n) is 3.38. The zero-order valence-corrected chi connectivity index (χ0v) is 15.9. The highest BCUT2D eigenvalue weighted by Crippen LogP contribution is 2.33. The number of nitrogens with zero attached hydrogens (tertiary/aromatic N) is 3. The number of ether oxygens (including phenoxy) is 2. The average molecular weight is 374 g/mol. The number of hydrogen-bond donors (Lipinski definition) is 0. The topological polar surface area (TPSA) is 56.6 Å². The van der Waals surface area contributed by atoms with Crippen LogP contribution in [0.3, 0.4) is 0 Å². The van der Waals surface area contributed by atoms with Gasteiger partial charge in [-0.25, -0.2) is 4.98 Å². The van der Waals surface area contributed by atoms with Gasteiger partial charge in [-0.05, 0) is 30.5 Å². The van der Waals surface area contributed by atoms with Crippen molar-refractivity contribution in [2.45, 2.75) is 25.8 Å². The SMILES string of the molecule is [B]c1cc(OC)cc2c1N(c1nc(Cl)cn([C@@H](CC)COC)c1=O)CC2. The predicted octanol–water partition coefficient (Wildman–Crippen LogP) is 1.99. The number of fused-ring (bicyclic) bond motifs is 1. The molecule has 0 saturated carbocycles. The largest absolute Gasteiger partial charge is 0.497 e. The van der Waals surface area contributed by atoms with Gasteiger partial charge in [0.25, 0.3) is 5.56 Å². The van der Waals surface area contributed by atoms with E-state index in [0.29, 0.717) is 24.4 Å². The van der Waals surface area contributed by atoms with Gasteiger partial charge in [-0.1, -0.05) is 24.0 Å². The molecule has 3 rings (SSSR count). The van der Waals surface area contributed by atoms with Gasteiger partial charge in [0.2, 0.25) is 5.82 Å². The van der Waals surface area contributed by atoms with E-state index in [0.717, 1.165) is 24.1 Å². The van der Waals surface area contributed by atoms with E-state index in [1.807, 2.05) is 17.9 Å². The van der Waals surface area contributed by atoms with E-state index < -0.39 is 0 Å². The van der Waals surface area contributed by atoms with Crippen LogP contribution in [0.4, 0.5) is 11.5 Å². The Hall–Kier alpha value is -1.99. The normalized spacial score (nSPS) is 14.4. The molecular weight excluding hydrogens is 352 g/mol. The highest BCUT2D eigenvalue weighted by molar-refractivity contribution is 6.36. The minimum atomic E-state index is -0.207. The highest BCUT2D eigenvalue weighted by atomic mass is 35.5. The lowest BCUT2D eigenvalue weighted by Gasteiger charge is -2.23. The van der Waals surface area contributed by atoms with E-state index in [1.54, 1.807) is 31.0 Å². The Labute approximate surface area is 159 Å². The van der Waals surface area contributed by atoms with E-state index in [2.05, 4.69) is 4.98 Å². The summed E-state index contributed by atoms with van der Waals surface area (Å²) in [5.74, 6) is 0.980. The molecule has 0 amide bonds. The summed E-state index contributed by atoms with van der Waals surface area (Å²) in [4.78, 5) is 19.3. The molecule has 2 aromatic rings. The summed E-state index contributed by atoms with van der Waals surface area (Å²) < 4.78 is 12.1. The van der Waals surface area contributed by atoms with Crippen molar-refractivity contribution in [1.82, 2.24) is 9.55 Å². The van der Waals surface area contributed by atoms with Gasteiger partial charge >= 0.3 is 0 Å². The van der Waals surface area contributed by atoms with Crippen molar-refractivity contribution in [2.75, 3.05) is 32.3 Å². The molecule has 136 valence electrons. The first-order chi connectivity index (χ1) is 12.5. The summed E-state index contributed by atoms with van der Waals surface area (Å²) in [6, 6.07) is 3.58. The summed E-state index contributed by atoms with van der Waals surface area (Å²) in [5.41, 5.74) is 2.16. The summed E-state index contributed by atoms with van der Waals surface area (Å²) in [6.45, 7) is 3.03. The van der Waals surface area contributed by atoms with E-state index in [9.17, 15) is 4.79 Å². The lowest BCUT2D eigenvalue weighted by atomic mass is 9.91. The standard InChI is InChI=1S/C18H21BClN3O3/c1-4-12(10-25-2)23-9-15(20)21-17(18(23)24)22-6-5-11-7-13(26-3)8-14(19)16(11)22/h7-9,12H,4-6,10H2,1-3H3/t12-/m0/s1. The number of halogens is 1. The highest BCUT2D eigenvalue weighted by Gasteiger charge is 2.27. The molecule has 8 heteroatoms. The average Bonchev–Trinajstić information content (AvgIpc) is 3.05. The monoisotopic (exact) mass is 373 g/mol. The number of rotatable bonds is 6. The molecule has 1 aliphatic heterocycles. The van der Waals surface area contributed by atoms with Gasteiger partial charge < -0.3 is 18.9 Å². The third-order valence-corrected chi connectivity index (χ3v) is 4.85. The van der Waals surface area contributed by atoms with Crippen molar-refractivity contribution >= 4 is 36.4 Å². The lowest BCUT2D eigenvalue weighted by Crippen LogP contribution is -2.34. The molecule has 2 heterocycles. The van der Waals surface area contributed by atoms with Crippen LogP contribution in [-0.4, -0.2) is 44.8 Å². The second-order valence-corrected chi connectivity index (χ2v) is 6.63. The molecule has 2 radical (unpaired) electrons. The van der Waals surface area contributed by atoms with E-state index in [4.69, 9.17) is 28.9 Å². The molecule has 1 atom stereocenters. The number of aromatic nitrogens is 2. The third-order valence-electron chi connectivity index (χ3n) is 4.67. The fraction of sp³-hybridized carbons (Fsp3) is 0.444. The Morgan fingerprint density at radius 2 is 2.15 bits per heavy atom. The lowest BCUT2D eigenvalue weighted by molar-refractivity contribution is 0.151. The van der Waals surface area contributed by atoms with Gasteiger partial charge in [0, 0.05) is 25.5 Å². The molecule has 0 fully saturated rings. The summed E-state index contributed by atoms with van der Waals surface area (Å²) in [5, 5.41) is 0.259. The summed E-state index contributed by atoms with van der Waals surface area (Å²) in [6.07, 6.45) is 3.05. The van der Waals surface area contributed by atoms with Crippen LogP contribution in [0.2, 0.25) is 5.15 Å². The molecule has 0 spiro atoms. The van der Waals surface area contributed by atoms with Crippen LogP contribution in [0.25, 0.3) is 0 Å². The number of hydrogen-bond acceptors (Lipinski definition) is 5. The number of anilines is 2. The van der Waals surface area contributed by atoms with Crippen molar-refractivity contribution < 1.29 is 9.47 Å². The molecule has 6 nitrogen and oxygen atoms in total.